The topological polar surface area (TPSA) is 23.6 Å². The first kappa shape index (κ1) is 13.5. The first-order valence-electron chi connectivity index (χ1n) is 6.40. The molecule has 1 heterocycles. The molecule has 1 rings (SSSR count). The SMILES string of the molecule is CC(C)C(=O)N1CC(C)N(C(C)C)C(C)C1. The average Bonchev–Trinajstić information content (AvgIpc) is 2.14. The fourth-order valence-corrected chi connectivity index (χ4v) is 2.90. The van der Waals surface area contributed by atoms with E-state index in [4.69, 9.17) is 0 Å². The average molecular weight is 226 g/mol. The van der Waals surface area contributed by atoms with Gasteiger partial charge in [-0.05, 0) is 27.7 Å². The van der Waals surface area contributed by atoms with Crippen LogP contribution in [0.3, 0.4) is 0 Å². The molecule has 1 aliphatic heterocycles. The van der Waals surface area contributed by atoms with Crippen LogP contribution in [0.1, 0.15) is 41.5 Å². The lowest BCUT2D eigenvalue weighted by Crippen LogP contribution is -2.60. The number of amides is 1. The molecule has 2 atom stereocenters. The van der Waals surface area contributed by atoms with Gasteiger partial charge in [0.1, 0.15) is 0 Å². The summed E-state index contributed by atoms with van der Waals surface area (Å²) in [5, 5.41) is 0. The van der Waals surface area contributed by atoms with Crippen molar-refractivity contribution >= 4 is 5.91 Å². The van der Waals surface area contributed by atoms with E-state index in [9.17, 15) is 4.79 Å². The minimum atomic E-state index is 0.116. The van der Waals surface area contributed by atoms with E-state index in [2.05, 4.69) is 32.6 Å². The summed E-state index contributed by atoms with van der Waals surface area (Å²) in [5.41, 5.74) is 0. The number of hydrogen-bond acceptors (Lipinski definition) is 2. The molecule has 3 nitrogen and oxygen atoms in total. The Labute approximate surface area is 99.8 Å². The molecule has 0 aromatic rings. The number of carbonyl (C=O) groups excluding carboxylic acids is 1. The van der Waals surface area contributed by atoms with Crippen LogP contribution in [0.15, 0.2) is 0 Å². The van der Waals surface area contributed by atoms with Crippen molar-refractivity contribution < 1.29 is 4.79 Å². The minimum Gasteiger partial charge on any atom is -0.339 e. The van der Waals surface area contributed by atoms with Crippen LogP contribution in [0, 0.1) is 5.92 Å². The molecule has 3 heteroatoms. The third-order valence-electron chi connectivity index (χ3n) is 3.39. The maximum absolute atomic E-state index is 12.0. The minimum absolute atomic E-state index is 0.116. The normalized spacial score (nSPS) is 27.9. The quantitative estimate of drug-likeness (QED) is 0.719. The van der Waals surface area contributed by atoms with Crippen molar-refractivity contribution in [3.63, 3.8) is 0 Å². The Morgan fingerprint density at radius 3 is 1.81 bits per heavy atom. The lowest BCUT2D eigenvalue weighted by molar-refractivity contribution is -0.139. The van der Waals surface area contributed by atoms with Crippen molar-refractivity contribution in [2.24, 2.45) is 5.92 Å². The molecule has 0 saturated carbocycles. The molecule has 1 aliphatic rings. The second kappa shape index (κ2) is 5.17. The molecule has 0 aromatic heterocycles. The van der Waals surface area contributed by atoms with Crippen LogP contribution in [-0.4, -0.2) is 46.9 Å². The van der Waals surface area contributed by atoms with Gasteiger partial charge in [0.2, 0.25) is 5.91 Å². The van der Waals surface area contributed by atoms with Gasteiger partial charge >= 0.3 is 0 Å². The number of nitrogens with zero attached hydrogens (tertiary/aromatic N) is 2. The number of hydrogen-bond donors (Lipinski definition) is 0. The van der Waals surface area contributed by atoms with Gasteiger partial charge in [0.25, 0.3) is 0 Å². The predicted molar refractivity (Wildman–Crippen MR) is 67.3 cm³/mol. The van der Waals surface area contributed by atoms with Crippen LogP contribution < -0.4 is 0 Å². The van der Waals surface area contributed by atoms with E-state index in [1.54, 1.807) is 0 Å². The third-order valence-corrected chi connectivity index (χ3v) is 3.39. The standard InChI is InChI=1S/C13H26N2O/c1-9(2)13(16)14-7-11(5)15(10(3)4)12(6)8-14/h9-12H,7-8H2,1-6H3. The molecule has 94 valence electrons. The Balaban J connectivity index is 2.69. The summed E-state index contributed by atoms with van der Waals surface area (Å²) in [7, 11) is 0. The molecule has 0 bridgehead atoms. The van der Waals surface area contributed by atoms with Crippen LogP contribution in [0.25, 0.3) is 0 Å². The zero-order valence-electron chi connectivity index (χ0n) is 11.5. The van der Waals surface area contributed by atoms with Gasteiger partial charge in [-0.25, -0.2) is 0 Å². The van der Waals surface area contributed by atoms with E-state index in [1.807, 2.05) is 18.7 Å². The second-order valence-corrected chi connectivity index (χ2v) is 5.64. The molecule has 0 radical (unpaired) electrons. The Hall–Kier alpha value is -0.570. The van der Waals surface area contributed by atoms with E-state index in [1.165, 1.54) is 0 Å². The van der Waals surface area contributed by atoms with Gasteiger partial charge in [0, 0.05) is 37.1 Å². The molecule has 1 saturated heterocycles. The summed E-state index contributed by atoms with van der Waals surface area (Å²) in [6.07, 6.45) is 0. The molecule has 0 N–H and O–H groups in total. The fourth-order valence-electron chi connectivity index (χ4n) is 2.90. The summed E-state index contributed by atoms with van der Waals surface area (Å²) < 4.78 is 0. The van der Waals surface area contributed by atoms with Gasteiger partial charge in [-0.3, -0.25) is 9.69 Å². The molecular weight excluding hydrogens is 200 g/mol. The van der Waals surface area contributed by atoms with E-state index in [0.29, 0.717) is 24.0 Å². The molecule has 0 aromatic carbocycles. The highest BCUT2D eigenvalue weighted by Crippen LogP contribution is 2.19. The highest BCUT2D eigenvalue weighted by Gasteiger charge is 2.33. The van der Waals surface area contributed by atoms with Gasteiger partial charge in [-0.15, -0.1) is 0 Å². The number of rotatable bonds is 2. The number of piperazine rings is 1. The first-order valence-corrected chi connectivity index (χ1v) is 6.40. The maximum Gasteiger partial charge on any atom is 0.225 e. The highest BCUT2D eigenvalue weighted by atomic mass is 16.2. The predicted octanol–water partition coefficient (Wildman–Crippen LogP) is 1.97. The molecule has 0 spiro atoms. The van der Waals surface area contributed by atoms with Crippen molar-refractivity contribution in [1.29, 1.82) is 0 Å². The van der Waals surface area contributed by atoms with Gasteiger partial charge in [0.15, 0.2) is 0 Å². The van der Waals surface area contributed by atoms with E-state index < -0.39 is 0 Å². The van der Waals surface area contributed by atoms with Crippen LogP contribution in [0.5, 0.6) is 0 Å². The molecule has 0 aliphatic carbocycles. The zero-order valence-corrected chi connectivity index (χ0v) is 11.5. The van der Waals surface area contributed by atoms with Crippen molar-refractivity contribution in [2.75, 3.05) is 13.1 Å². The largest absolute Gasteiger partial charge is 0.339 e. The molecular formula is C13H26N2O. The molecule has 1 amide bonds. The zero-order chi connectivity index (χ0) is 12.5. The molecule has 16 heavy (non-hydrogen) atoms. The molecule has 1 fully saturated rings. The summed E-state index contributed by atoms with van der Waals surface area (Å²) in [6, 6.07) is 1.49. The van der Waals surface area contributed by atoms with Crippen molar-refractivity contribution in [1.82, 2.24) is 9.80 Å². The van der Waals surface area contributed by atoms with E-state index in [-0.39, 0.29) is 5.92 Å². The van der Waals surface area contributed by atoms with Crippen molar-refractivity contribution in [3.05, 3.63) is 0 Å². The van der Waals surface area contributed by atoms with Crippen molar-refractivity contribution in [3.8, 4) is 0 Å². The third kappa shape index (κ3) is 2.76. The second-order valence-electron chi connectivity index (χ2n) is 5.64. The Morgan fingerprint density at radius 2 is 1.50 bits per heavy atom. The first-order chi connectivity index (χ1) is 7.34. The molecule has 2 unspecified atom stereocenters. The van der Waals surface area contributed by atoms with Crippen LogP contribution in [-0.2, 0) is 4.79 Å². The Morgan fingerprint density at radius 1 is 1.06 bits per heavy atom. The van der Waals surface area contributed by atoms with Crippen LogP contribution in [0.2, 0.25) is 0 Å². The lowest BCUT2D eigenvalue weighted by atomic mass is 10.0. The smallest absolute Gasteiger partial charge is 0.225 e. The fraction of sp³-hybridized carbons (Fsp3) is 0.923. The van der Waals surface area contributed by atoms with Crippen LogP contribution >= 0.6 is 0 Å². The van der Waals surface area contributed by atoms with Crippen LogP contribution in [0.4, 0.5) is 0 Å². The number of carbonyl (C=O) groups is 1. The monoisotopic (exact) mass is 226 g/mol. The summed E-state index contributed by atoms with van der Waals surface area (Å²) in [6.45, 7) is 14.6. The highest BCUT2D eigenvalue weighted by molar-refractivity contribution is 5.78. The Bertz CT molecular complexity index is 238. The summed E-state index contributed by atoms with van der Waals surface area (Å²) >= 11 is 0. The van der Waals surface area contributed by atoms with Gasteiger partial charge < -0.3 is 4.90 Å². The van der Waals surface area contributed by atoms with Gasteiger partial charge in [0.05, 0.1) is 0 Å². The Kier molecular flexibility index (Phi) is 4.36. The van der Waals surface area contributed by atoms with E-state index >= 15 is 0 Å². The maximum atomic E-state index is 12.0. The van der Waals surface area contributed by atoms with Crippen molar-refractivity contribution in [2.45, 2.75) is 59.7 Å². The lowest BCUT2D eigenvalue weighted by Gasteiger charge is -2.47. The van der Waals surface area contributed by atoms with E-state index in [0.717, 1.165) is 13.1 Å². The van der Waals surface area contributed by atoms with Gasteiger partial charge in [-0.2, -0.15) is 0 Å². The van der Waals surface area contributed by atoms with Gasteiger partial charge in [-0.1, -0.05) is 13.8 Å². The summed E-state index contributed by atoms with van der Waals surface area (Å²) in [5.74, 6) is 0.409. The summed E-state index contributed by atoms with van der Waals surface area (Å²) in [4.78, 5) is 16.5.